The number of nitrogens with zero attached hydrogens (tertiary/aromatic N) is 2. The van der Waals surface area contributed by atoms with Gasteiger partial charge in [0.15, 0.2) is 11.7 Å². The molecule has 25 heavy (non-hydrogen) atoms. The van der Waals surface area contributed by atoms with Crippen molar-refractivity contribution in [2.24, 2.45) is 5.92 Å². The molecule has 2 aliphatic heterocycles. The van der Waals surface area contributed by atoms with Gasteiger partial charge in [-0.2, -0.15) is 18.3 Å². The van der Waals surface area contributed by atoms with Crippen LogP contribution in [-0.4, -0.2) is 47.2 Å². The van der Waals surface area contributed by atoms with Gasteiger partial charge in [0.25, 0.3) is 5.91 Å². The van der Waals surface area contributed by atoms with Crippen molar-refractivity contribution in [1.29, 1.82) is 0 Å². The fraction of sp³-hybridized carbons (Fsp3) is 0.750. The molecule has 1 aromatic heterocycles. The van der Waals surface area contributed by atoms with E-state index in [0.29, 0.717) is 13.2 Å². The first-order chi connectivity index (χ1) is 11.9. The Morgan fingerprint density at radius 3 is 2.84 bits per heavy atom. The van der Waals surface area contributed by atoms with Gasteiger partial charge in [0.2, 0.25) is 0 Å². The number of carbonyl (C=O) groups is 1. The van der Waals surface area contributed by atoms with E-state index in [1.165, 1.54) is 6.07 Å². The third-order valence-corrected chi connectivity index (χ3v) is 5.16. The average Bonchev–Trinajstić information content (AvgIpc) is 3.11. The number of rotatable bonds is 4. The van der Waals surface area contributed by atoms with Gasteiger partial charge in [0.05, 0.1) is 6.10 Å². The van der Waals surface area contributed by atoms with Crippen molar-refractivity contribution >= 4 is 11.7 Å². The van der Waals surface area contributed by atoms with Crippen molar-refractivity contribution in [1.82, 2.24) is 15.1 Å². The lowest BCUT2D eigenvalue weighted by Crippen LogP contribution is -2.40. The molecule has 1 saturated carbocycles. The highest BCUT2D eigenvalue weighted by atomic mass is 19.4. The maximum atomic E-state index is 13.4. The lowest BCUT2D eigenvalue weighted by Gasteiger charge is -2.33. The minimum Gasteiger partial charge on any atom is -0.376 e. The van der Waals surface area contributed by atoms with E-state index >= 15 is 0 Å². The second-order valence-corrected chi connectivity index (χ2v) is 7.09. The van der Waals surface area contributed by atoms with Gasteiger partial charge in [-0.3, -0.25) is 4.79 Å². The van der Waals surface area contributed by atoms with Crippen LogP contribution in [0.5, 0.6) is 0 Å². The summed E-state index contributed by atoms with van der Waals surface area (Å²) in [5, 5.41) is 9.77. The Labute approximate surface area is 143 Å². The maximum absolute atomic E-state index is 13.4. The van der Waals surface area contributed by atoms with Crippen molar-refractivity contribution in [2.75, 3.05) is 18.5 Å². The lowest BCUT2D eigenvalue weighted by atomic mass is 10.0. The number of halogens is 3. The van der Waals surface area contributed by atoms with E-state index in [2.05, 4.69) is 15.7 Å². The summed E-state index contributed by atoms with van der Waals surface area (Å²) in [6.07, 6.45) is -0.724. The Bertz CT molecular complexity index is 650. The summed E-state index contributed by atoms with van der Waals surface area (Å²) in [5.74, 6) is 0.0844. The molecule has 0 aromatic carbocycles. The van der Waals surface area contributed by atoms with Crippen LogP contribution in [0.1, 0.15) is 48.6 Å². The van der Waals surface area contributed by atoms with Crippen molar-refractivity contribution in [3.05, 3.63) is 11.8 Å². The fourth-order valence-corrected chi connectivity index (χ4v) is 3.62. The van der Waals surface area contributed by atoms with Crippen LogP contribution in [0.2, 0.25) is 0 Å². The van der Waals surface area contributed by atoms with Gasteiger partial charge in [-0.25, -0.2) is 4.68 Å². The number of alkyl halides is 3. The Morgan fingerprint density at radius 1 is 1.40 bits per heavy atom. The van der Waals surface area contributed by atoms with E-state index in [1.807, 2.05) is 0 Å². The highest BCUT2D eigenvalue weighted by molar-refractivity contribution is 5.93. The summed E-state index contributed by atoms with van der Waals surface area (Å²) in [6.45, 7) is 1.03. The number of anilines is 1. The molecule has 3 aliphatic rings. The predicted molar refractivity (Wildman–Crippen MR) is 83.4 cm³/mol. The predicted octanol–water partition coefficient (Wildman–Crippen LogP) is 2.49. The Hall–Kier alpha value is -1.77. The zero-order valence-electron chi connectivity index (χ0n) is 13.7. The van der Waals surface area contributed by atoms with Gasteiger partial charge in [-0.1, -0.05) is 0 Å². The second kappa shape index (κ2) is 6.19. The molecule has 3 atom stereocenters. The molecule has 1 amide bonds. The van der Waals surface area contributed by atoms with Crippen LogP contribution in [0.3, 0.4) is 0 Å². The van der Waals surface area contributed by atoms with Gasteiger partial charge in [-0.05, 0) is 38.0 Å². The first-order valence-electron chi connectivity index (χ1n) is 8.74. The number of amides is 1. The number of aromatic nitrogens is 2. The van der Waals surface area contributed by atoms with Crippen LogP contribution in [0.15, 0.2) is 6.07 Å². The number of hydrogen-bond acceptors (Lipinski definition) is 4. The molecule has 1 saturated heterocycles. The van der Waals surface area contributed by atoms with Crippen molar-refractivity contribution in [3.63, 3.8) is 0 Å². The number of fused-ring (bicyclic) bond motifs is 1. The Balaban J connectivity index is 1.50. The lowest BCUT2D eigenvalue weighted by molar-refractivity contribution is -0.174. The third kappa shape index (κ3) is 3.47. The molecule has 2 fully saturated rings. The summed E-state index contributed by atoms with van der Waals surface area (Å²) in [4.78, 5) is 12.3. The van der Waals surface area contributed by atoms with E-state index in [9.17, 15) is 18.0 Å². The molecule has 2 N–H and O–H groups in total. The molecule has 3 heterocycles. The molecule has 0 unspecified atom stereocenters. The largest absolute Gasteiger partial charge is 0.410 e. The average molecular weight is 358 g/mol. The van der Waals surface area contributed by atoms with E-state index < -0.39 is 18.1 Å². The fourth-order valence-electron chi connectivity index (χ4n) is 3.62. The Morgan fingerprint density at radius 2 is 2.20 bits per heavy atom. The van der Waals surface area contributed by atoms with Crippen LogP contribution in [-0.2, 0) is 4.74 Å². The minimum absolute atomic E-state index is 0.00574. The van der Waals surface area contributed by atoms with Crippen LogP contribution in [0.4, 0.5) is 19.0 Å². The zero-order chi connectivity index (χ0) is 17.6. The first-order valence-corrected chi connectivity index (χ1v) is 8.74. The van der Waals surface area contributed by atoms with E-state index in [0.717, 1.165) is 30.4 Å². The van der Waals surface area contributed by atoms with Gasteiger partial charge >= 0.3 is 6.18 Å². The molecule has 0 radical (unpaired) electrons. The molecule has 1 aliphatic carbocycles. The molecule has 9 heteroatoms. The summed E-state index contributed by atoms with van der Waals surface area (Å²) in [5.41, 5.74) is 0.00574. The van der Waals surface area contributed by atoms with Crippen LogP contribution in [0.25, 0.3) is 0 Å². The highest BCUT2D eigenvalue weighted by Gasteiger charge is 2.49. The number of carbonyl (C=O) groups excluding carboxylic acids is 1. The summed E-state index contributed by atoms with van der Waals surface area (Å²) >= 11 is 0. The molecule has 0 bridgehead atoms. The topological polar surface area (TPSA) is 68.2 Å². The second-order valence-electron chi connectivity index (χ2n) is 7.09. The van der Waals surface area contributed by atoms with Crippen molar-refractivity contribution in [2.45, 2.75) is 56.5 Å². The molecule has 4 rings (SSSR count). The monoisotopic (exact) mass is 358 g/mol. The van der Waals surface area contributed by atoms with E-state index in [1.54, 1.807) is 0 Å². The summed E-state index contributed by atoms with van der Waals surface area (Å²) < 4.78 is 46.6. The van der Waals surface area contributed by atoms with Gasteiger partial charge in [-0.15, -0.1) is 0 Å². The van der Waals surface area contributed by atoms with Crippen LogP contribution < -0.4 is 10.6 Å². The van der Waals surface area contributed by atoms with Crippen molar-refractivity contribution in [3.8, 4) is 0 Å². The smallest absolute Gasteiger partial charge is 0.376 e. The molecule has 138 valence electrons. The number of ether oxygens (including phenoxy) is 1. The van der Waals surface area contributed by atoms with Gasteiger partial charge < -0.3 is 15.4 Å². The number of nitrogens with one attached hydrogen (secondary N) is 2. The molecule has 0 spiro atoms. The van der Waals surface area contributed by atoms with Crippen LogP contribution >= 0.6 is 0 Å². The number of hydrogen-bond donors (Lipinski definition) is 2. The Kier molecular flexibility index (Phi) is 4.13. The molecular formula is C16H21F3N4O2. The zero-order valence-corrected chi connectivity index (χ0v) is 13.7. The summed E-state index contributed by atoms with van der Waals surface area (Å²) in [7, 11) is 0. The molecule has 1 aromatic rings. The molecular weight excluding hydrogens is 337 g/mol. The van der Waals surface area contributed by atoms with Crippen LogP contribution in [0, 0.1) is 5.92 Å². The normalized spacial score (nSPS) is 29.2. The SMILES string of the molecule is O=C(NC[C@@H]1CCCO1)c1cc2n(n1)[C@@H](C(F)(F)F)C[C@@H](C1CC1)N2. The quantitative estimate of drug-likeness (QED) is 0.868. The third-order valence-electron chi connectivity index (χ3n) is 5.16. The first kappa shape index (κ1) is 16.7. The summed E-state index contributed by atoms with van der Waals surface area (Å²) in [6, 6.07) is -0.481. The minimum atomic E-state index is -4.39. The highest BCUT2D eigenvalue weighted by Crippen LogP contribution is 2.45. The maximum Gasteiger partial charge on any atom is 0.410 e. The van der Waals surface area contributed by atoms with Crippen molar-refractivity contribution < 1.29 is 22.7 Å². The van der Waals surface area contributed by atoms with E-state index in [4.69, 9.17) is 4.74 Å². The standard InChI is InChI=1S/C16H21F3N4O2/c17-16(18,19)13-6-11(9-3-4-9)21-14-7-12(22-23(13)14)15(24)20-8-10-2-1-5-25-10/h7,9-11,13,21H,1-6,8H2,(H,20,24)/t10-,11-,13+/m0/s1. The van der Waals surface area contributed by atoms with E-state index in [-0.39, 0.29) is 36.0 Å². The van der Waals surface area contributed by atoms with Gasteiger partial charge in [0, 0.05) is 25.3 Å². The molecule has 6 nitrogen and oxygen atoms in total. The van der Waals surface area contributed by atoms with Gasteiger partial charge in [0.1, 0.15) is 5.82 Å².